The van der Waals surface area contributed by atoms with Crippen LogP contribution in [0.1, 0.15) is 32.8 Å². The Balaban J connectivity index is 2.46. The molecule has 0 spiro atoms. The Bertz CT molecular complexity index is 368. The van der Waals surface area contributed by atoms with Gasteiger partial charge in [0.05, 0.1) is 7.11 Å². The summed E-state index contributed by atoms with van der Waals surface area (Å²) in [6.45, 7) is 8.67. The Hall–Kier alpha value is -1.06. The molecule has 0 fully saturated rings. The van der Waals surface area contributed by atoms with E-state index in [-0.39, 0.29) is 0 Å². The fraction of sp³-hybridized carbons (Fsp3) is 0.625. The zero-order valence-electron chi connectivity index (χ0n) is 12.9. The van der Waals surface area contributed by atoms with E-state index < -0.39 is 0 Å². The van der Waals surface area contributed by atoms with Crippen molar-refractivity contribution in [1.82, 2.24) is 10.2 Å². The minimum atomic E-state index is 0.514. The summed E-state index contributed by atoms with van der Waals surface area (Å²) in [5.74, 6) is 0.927. The molecule has 2 atom stereocenters. The number of hydrogen-bond donors (Lipinski definition) is 1. The first kappa shape index (κ1) is 16.0. The van der Waals surface area contributed by atoms with Crippen molar-refractivity contribution in [3.05, 3.63) is 29.8 Å². The largest absolute Gasteiger partial charge is 0.497 e. The van der Waals surface area contributed by atoms with Gasteiger partial charge in [0.1, 0.15) is 5.75 Å². The standard InChI is InChI=1S/C16H28N2O/c1-6-13(2)17-11-14(3)18(4)12-15-8-7-9-16(10-15)19-5/h7-10,13-14,17H,6,11-12H2,1-5H3. The smallest absolute Gasteiger partial charge is 0.119 e. The van der Waals surface area contributed by atoms with E-state index in [9.17, 15) is 0 Å². The molecular weight excluding hydrogens is 236 g/mol. The van der Waals surface area contributed by atoms with Crippen molar-refractivity contribution in [1.29, 1.82) is 0 Å². The fourth-order valence-electron chi connectivity index (χ4n) is 1.89. The van der Waals surface area contributed by atoms with Crippen LogP contribution < -0.4 is 10.1 Å². The van der Waals surface area contributed by atoms with E-state index in [1.54, 1.807) is 7.11 Å². The normalized spacial score (nSPS) is 14.4. The van der Waals surface area contributed by atoms with Crippen molar-refractivity contribution < 1.29 is 4.74 Å². The molecule has 0 bridgehead atoms. The molecule has 19 heavy (non-hydrogen) atoms. The zero-order chi connectivity index (χ0) is 14.3. The summed E-state index contributed by atoms with van der Waals surface area (Å²) in [7, 11) is 3.88. The maximum absolute atomic E-state index is 5.26. The Morgan fingerprint density at radius 2 is 2.05 bits per heavy atom. The first-order valence-corrected chi connectivity index (χ1v) is 7.13. The summed E-state index contributed by atoms with van der Waals surface area (Å²) < 4.78 is 5.26. The van der Waals surface area contributed by atoms with Gasteiger partial charge in [-0.15, -0.1) is 0 Å². The van der Waals surface area contributed by atoms with E-state index in [1.807, 2.05) is 12.1 Å². The third kappa shape index (κ3) is 5.62. The van der Waals surface area contributed by atoms with Crippen molar-refractivity contribution in [2.75, 3.05) is 20.7 Å². The van der Waals surface area contributed by atoms with Crippen LogP contribution >= 0.6 is 0 Å². The van der Waals surface area contributed by atoms with Crippen molar-refractivity contribution >= 4 is 0 Å². The van der Waals surface area contributed by atoms with Gasteiger partial charge >= 0.3 is 0 Å². The fourth-order valence-corrected chi connectivity index (χ4v) is 1.89. The number of hydrogen-bond acceptors (Lipinski definition) is 3. The van der Waals surface area contributed by atoms with E-state index in [0.717, 1.165) is 18.8 Å². The molecule has 1 N–H and O–H groups in total. The van der Waals surface area contributed by atoms with Gasteiger partial charge in [0, 0.05) is 25.2 Å². The number of benzene rings is 1. The minimum Gasteiger partial charge on any atom is -0.497 e. The Morgan fingerprint density at radius 1 is 1.32 bits per heavy atom. The van der Waals surface area contributed by atoms with Gasteiger partial charge in [-0.05, 0) is 45.0 Å². The Morgan fingerprint density at radius 3 is 2.68 bits per heavy atom. The summed E-state index contributed by atoms with van der Waals surface area (Å²) in [5.41, 5.74) is 1.29. The third-order valence-electron chi connectivity index (χ3n) is 3.69. The molecule has 0 aliphatic heterocycles. The van der Waals surface area contributed by atoms with E-state index in [4.69, 9.17) is 4.74 Å². The molecule has 1 aromatic carbocycles. The Kier molecular flexibility index (Phi) is 6.89. The quantitative estimate of drug-likeness (QED) is 0.781. The summed E-state index contributed by atoms with van der Waals surface area (Å²) in [4.78, 5) is 2.37. The average molecular weight is 264 g/mol. The van der Waals surface area contributed by atoms with E-state index >= 15 is 0 Å². The average Bonchev–Trinajstić information content (AvgIpc) is 2.44. The maximum Gasteiger partial charge on any atom is 0.119 e. The van der Waals surface area contributed by atoms with E-state index in [0.29, 0.717) is 12.1 Å². The number of nitrogens with one attached hydrogen (secondary N) is 1. The predicted octanol–water partition coefficient (Wildman–Crippen LogP) is 2.90. The van der Waals surface area contributed by atoms with Crippen molar-refractivity contribution in [3.8, 4) is 5.75 Å². The molecule has 1 aromatic rings. The molecule has 0 aliphatic rings. The molecule has 0 aromatic heterocycles. The Labute approximate surface area is 118 Å². The first-order valence-electron chi connectivity index (χ1n) is 7.13. The molecule has 0 aliphatic carbocycles. The molecular formula is C16H28N2O. The predicted molar refractivity (Wildman–Crippen MR) is 81.7 cm³/mol. The van der Waals surface area contributed by atoms with Crippen LogP contribution in [-0.4, -0.2) is 37.7 Å². The van der Waals surface area contributed by atoms with Crippen molar-refractivity contribution in [3.63, 3.8) is 0 Å². The number of methoxy groups -OCH3 is 1. The highest BCUT2D eigenvalue weighted by molar-refractivity contribution is 5.28. The molecule has 0 heterocycles. The SMILES string of the molecule is CCC(C)NCC(C)N(C)Cc1cccc(OC)c1. The van der Waals surface area contributed by atoms with E-state index in [1.165, 1.54) is 12.0 Å². The summed E-state index contributed by atoms with van der Waals surface area (Å²) in [6, 6.07) is 9.38. The number of likely N-dealkylation sites (N-methyl/N-ethyl adjacent to an activating group) is 1. The van der Waals surface area contributed by atoms with Gasteiger partial charge in [0.15, 0.2) is 0 Å². The molecule has 0 radical (unpaired) electrons. The van der Waals surface area contributed by atoms with Gasteiger partial charge in [-0.3, -0.25) is 4.90 Å². The van der Waals surface area contributed by atoms with Gasteiger partial charge in [0.25, 0.3) is 0 Å². The van der Waals surface area contributed by atoms with Crippen LogP contribution in [0.4, 0.5) is 0 Å². The summed E-state index contributed by atoms with van der Waals surface area (Å²) in [5, 5.41) is 3.55. The lowest BCUT2D eigenvalue weighted by atomic mass is 10.1. The second-order valence-corrected chi connectivity index (χ2v) is 5.33. The van der Waals surface area contributed by atoms with Gasteiger partial charge in [0.2, 0.25) is 0 Å². The zero-order valence-corrected chi connectivity index (χ0v) is 12.9. The number of nitrogens with zero attached hydrogens (tertiary/aromatic N) is 1. The molecule has 3 nitrogen and oxygen atoms in total. The molecule has 2 unspecified atom stereocenters. The van der Waals surface area contributed by atoms with Crippen LogP contribution in [0.25, 0.3) is 0 Å². The monoisotopic (exact) mass is 264 g/mol. The van der Waals surface area contributed by atoms with E-state index in [2.05, 4.69) is 50.2 Å². The highest BCUT2D eigenvalue weighted by Crippen LogP contribution is 2.14. The molecule has 0 saturated heterocycles. The van der Waals surface area contributed by atoms with Crippen LogP contribution in [0.2, 0.25) is 0 Å². The van der Waals surface area contributed by atoms with Gasteiger partial charge in [-0.25, -0.2) is 0 Å². The van der Waals surface area contributed by atoms with Crippen LogP contribution in [0, 0.1) is 0 Å². The van der Waals surface area contributed by atoms with Crippen LogP contribution in [0.3, 0.4) is 0 Å². The van der Waals surface area contributed by atoms with Gasteiger partial charge in [-0.1, -0.05) is 19.1 Å². The minimum absolute atomic E-state index is 0.514. The summed E-state index contributed by atoms with van der Waals surface area (Å²) >= 11 is 0. The number of ether oxygens (including phenoxy) is 1. The van der Waals surface area contributed by atoms with Crippen LogP contribution in [0.15, 0.2) is 24.3 Å². The number of rotatable bonds is 8. The first-order chi connectivity index (χ1) is 9.06. The molecule has 1 rings (SSSR count). The van der Waals surface area contributed by atoms with Crippen molar-refractivity contribution in [2.45, 2.75) is 45.8 Å². The van der Waals surface area contributed by atoms with Crippen molar-refractivity contribution in [2.24, 2.45) is 0 Å². The van der Waals surface area contributed by atoms with Crippen LogP contribution in [-0.2, 0) is 6.54 Å². The lowest BCUT2D eigenvalue weighted by Crippen LogP contribution is -2.40. The lowest BCUT2D eigenvalue weighted by molar-refractivity contribution is 0.237. The van der Waals surface area contributed by atoms with Crippen LogP contribution in [0.5, 0.6) is 5.75 Å². The van der Waals surface area contributed by atoms with Gasteiger partial charge < -0.3 is 10.1 Å². The highest BCUT2D eigenvalue weighted by Gasteiger charge is 2.10. The topological polar surface area (TPSA) is 24.5 Å². The van der Waals surface area contributed by atoms with Gasteiger partial charge in [-0.2, -0.15) is 0 Å². The highest BCUT2D eigenvalue weighted by atomic mass is 16.5. The second-order valence-electron chi connectivity index (χ2n) is 5.33. The summed E-state index contributed by atoms with van der Waals surface area (Å²) in [6.07, 6.45) is 1.17. The molecule has 108 valence electrons. The lowest BCUT2D eigenvalue weighted by Gasteiger charge is -2.26. The maximum atomic E-state index is 5.26. The molecule has 0 amide bonds. The molecule has 3 heteroatoms. The molecule has 0 saturated carbocycles. The second kappa shape index (κ2) is 8.18. The third-order valence-corrected chi connectivity index (χ3v) is 3.69.